The van der Waals surface area contributed by atoms with Crippen LogP contribution in [-0.2, 0) is 12.8 Å². The first-order valence-corrected chi connectivity index (χ1v) is 13.0. The molecule has 1 heteroatoms. The van der Waals surface area contributed by atoms with Crippen LogP contribution in [0.5, 0.6) is 0 Å². The average molecular weight is 391 g/mol. The highest BCUT2D eigenvalue weighted by Gasteiger charge is 2.45. The van der Waals surface area contributed by atoms with E-state index in [-0.39, 0.29) is 0 Å². The fraction of sp³-hybridized carbons (Fsp3) is 0.481. The van der Waals surface area contributed by atoms with E-state index in [4.69, 9.17) is 0 Å². The summed E-state index contributed by atoms with van der Waals surface area (Å²) in [7, 11) is -1.39. The van der Waals surface area contributed by atoms with Crippen LogP contribution in [0, 0.1) is 0 Å². The van der Waals surface area contributed by atoms with Gasteiger partial charge >= 0.3 is 0 Å². The van der Waals surface area contributed by atoms with Gasteiger partial charge in [-0.15, -0.1) is 0 Å². The Morgan fingerprint density at radius 2 is 1.43 bits per heavy atom. The molecule has 2 unspecified atom stereocenters. The first-order chi connectivity index (χ1) is 13.4. The van der Waals surface area contributed by atoms with Gasteiger partial charge in [0.25, 0.3) is 0 Å². The molecule has 0 radical (unpaired) electrons. The molecule has 2 aliphatic rings. The fourth-order valence-electron chi connectivity index (χ4n) is 5.51. The predicted octanol–water partition coefficient (Wildman–Crippen LogP) is 6.97. The standard InChI is InChI=1S/C27H38Si/c1-8-23-16-24(9-2)18-25(17-23)28(27(10-3)14-12-11-13-15-27)26-21(6)19(4)20(5)22(26)7/h11-14,16-18,26,28H,8-10,15H2,1-7H3. The Kier molecular flexibility index (Phi) is 6.34. The van der Waals surface area contributed by atoms with Crippen molar-refractivity contribution in [2.45, 2.75) is 84.7 Å². The van der Waals surface area contributed by atoms with Crippen molar-refractivity contribution in [1.82, 2.24) is 0 Å². The van der Waals surface area contributed by atoms with Crippen LogP contribution < -0.4 is 5.19 Å². The minimum absolute atomic E-state index is 0.324. The Hall–Kier alpha value is -1.60. The van der Waals surface area contributed by atoms with Crippen LogP contribution >= 0.6 is 0 Å². The molecule has 0 N–H and O–H groups in total. The molecule has 1 aromatic carbocycles. The SMILES string of the molecule is CCc1cc(CC)cc([SiH](C2C(C)=C(C)C(C)=C2C)C2(CC)C=CC=CC2)c1. The Morgan fingerprint density at radius 3 is 1.86 bits per heavy atom. The number of benzene rings is 1. The molecular formula is C27H38Si. The monoisotopic (exact) mass is 390 g/mol. The van der Waals surface area contributed by atoms with Crippen LogP contribution in [0.4, 0.5) is 0 Å². The van der Waals surface area contributed by atoms with Gasteiger partial charge in [0.05, 0.1) is 8.80 Å². The van der Waals surface area contributed by atoms with Gasteiger partial charge in [-0.2, -0.15) is 0 Å². The number of hydrogen-bond donors (Lipinski definition) is 0. The maximum atomic E-state index is 2.58. The van der Waals surface area contributed by atoms with Gasteiger partial charge in [-0.3, -0.25) is 0 Å². The van der Waals surface area contributed by atoms with Gasteiger partial charge in [0.1, 0.15) is 0 Å². The van der Waals surface area contributed by atoms with E-state index < -0.39 is 8.80 Å². The average Bonchev–Trinajstić information content (AvgIpc) is 2.92. The van der Waals surface area contributed by atoms with Gasteiger partial charge in [0, 0.05) is 0 Å². The second-order valence-electron chi connectivity index (χ2n) is 8.94. The van der Waals surface area contributed by atoms with E-state index in [2.05, 4.69) is 91.0 Å². The van der Waals surface area contributed by atoms with E-state index >= 15 is 0 Å². The summed E-state index contributed by atoms with van der Waals surface area (Å²) in [6, 6.07) is 7.58. The van der Waals surface area contributed by atoms with Gasteiger partial charge in [-0.25, -0.2) is 0 Å². The van der Waals surface area contributed by atoms with Crippen LogP contribution in [0.1, 0.15) is 72.4 Å². The first kappa shape index (κ1) is 21.1. The van der Waals surface area contributed by atoms with Gasteiger partial charge in [-0.1, -0.05) is 79.6 Å². The first-order valence-electron chi connectivity index (χ1n) is 11.2. The molecule has 2 aliphatic carbocycles. The van der Waals surface area contributed by atoms with E-state index in [1.54, 1.807) is 27.5 Å². The zero-order valence-corrected chi connectivity index (χ0v) is 20.2. The third-order valence-corrected chi connectivity index (χ3v) is 12.5. The summed E-state index contributed by atoms with van der Waals surface area (Å²) < 4.78 is 0. The number of hydrogen-bond acceptors (Lipinski definition) is 0. The number of rotatable bonds is 6. The summed E-state index contributed by atoms with van der Waals surface area (Å²) in [6.07, 6.45) is 14.3. The lowest BCUT2D eigenvalue weighted by molar-refractivity contribution is 0.634. The van der Waals surface area contributed by atoms with Crippen molar-refractivity contribution in [3.63, 3.8) is 0 Å². The van der Waals surface area contributed by atoms with Crippen LogP contribution in [0.2, 0.25) is 10.6 Å². The smallest absolute Gasteiger partial charge is 0.0840 e. The normalized spacial score (nSPS) is 23.8. The Balaban J connectivity index is 2.25. The van der Waals surface area contributed by atoms with Crippen molar-refractivity contribution in [2.75, 3.05) is 0 Å². The second-order valence-corrected chi connectivity index (χ2v) is 12.4. The summed E-state index contributed by atoms with van der Waals surface area (Å²) in [4.78, 5) is 0. The molecule has 0 amide bonds. The summed E-state index contributed by atoms with van der Waals surface area (Å²) in [5, 5.41) is 2.01. The molecule has 0 aromatic heterocycles. The van der Waals surface area contributed by atoms with Crippen molar-refractivity contribution in [3.05, 3.63) is 75.9 Å². The van der Waals surface area contributed by atoms with Crippen LogP contribution in [0.15, 0.2) is 64.8 Å². The van der Waals surface area contributed by atoms with Crippen LogP contribution in [-0.4, -0.2) is 8.80 Å². The molecule has 150 valence electrons. The Labute approximate surface area is 174 Å². The largest absolute Gasteiger partial charge is 0.0924 e. The third kappa shape index (κ3) is 3.54. The van der Waals surface area contributed by atoms with E-state index in [0.29, 0.717) is 10.6 Å². The minimum atomic E-state index is -1.39. The Bertz CT molecular complexity index is 818. The topological polar surface area (TPSA) is 0 Å². The maximum Gasteiger partial charge on any atom is 0.0924 e. The quantitative estimate of drug-likeness (QED) is 0.460. The highest BCUT2D eigenvalue weighted by molar-refractivity contribution is 6.79. The molecular weight excluding hydrogens is 352 g/mol. The van der Waals surface area contributed by atoms with Crippen molar-refractivity contribution >= 4 is 14.0 Å². The van der Waals surface area contributed by atoms with Gasteiger partial charge in [0.2, 0.25) is 0 Å². The summed E-state index contributed by atoms with van der Waals surface area (Å²) in [5.74, 6) is 0. The van der Waals surface area contributed by atoms with Crippen molar-refractivity contribution in [1.29, 1.82) is 0 Å². The van der Waals surface area contributed by atoms with Gasteiger partial charge in [0.15, 0.2) is 0 Å². The molecule has 0 saturated carbocycles. The summed E-state index contributed by atoms with van der Waals surface area (Å²) in [6.45, 7) is 16.5. The predicted molar refractivity (Wildman–Crippen MR) is 128 cm³/mol. The molecule has 0 saturated heterocycles. The minimum Gasteiger partial charge on any atom is -0.0840 e. The molecule has 2 atom stereocenters. The van der Waals surface area contributed by atoms with Gasteiger partial charge < -0.3 is 0 Å². The van der Waals surface area contributed by atoms with Crippen molar-refractivity contribution in [3.8, 4) is 0 Å². The van der Waals surface area contributed by atoms with E-state index in [0.717, 1.165) is 12.8 Å². The summed E-state index contributed by atoms with van der Waals surface area (Å²) in [5.41, 5.74) is 10.1. The molecule has 28 heavy (non-hydrogen) atoms. The molecule has 0 aliphatic heterocycles. The molecule has 0 bridgehead atoms. The zero-order chi connectivity index (χ0) is 20.5. The van der Waals surface area contributed by atoms with Crippen molar-refractivity contribution in [2.24, 2.45) is 0 Å². The number of aryl methyl sites for hydroxylation is 2. The van der Waals surface area contributed by atoms with E-state index in [9.17, 15) is 0 Å². The lowest BCUT2D eigenvalue weighted by Gasteiger charge is -2.43. The van der Waals surface area contributed by atoms with E-state index in [1.807, 2.05) is 0 Å². The second kappa shape index (κ2) is 8.41. The molecule has 0 heterocycles. The van der Waals surface area contributed by atoms with Gasteiger partial charge in [-0.05, 0) is 86.2 Å². The van der Waals surface area contributed by atoms with Crippen molar-refractivity contribution < 1.29 is 0 Å². The molecule has 0 nitrogen and oxygen atoms in total. The molecule has 0 spiro atoms. The van der Waals surface area contributed by atoms with Crippen LogP contribution in [0.3, 0.4) is 0 Å². The number of allylic oxidation sites excluding steroid dienone is 8. The zero-order valence-electron chi connectivity index (χ0n) is 19.0. The highest BCUT2D eigenvalue weighted by atomic mass is 28.3. The summed E-state index contributed by atoms with van der Waals surface area (Å²) >= 11 is 0. The maximum absolute atomic E-state index is 2.58. The fourth-order valence-corrected chi connectivity index (χ4v) is 10.7. The lowest BCUT2D eigenvalue weighted by atomic mass is 9.96. The third-order valence-electron chi connectivity index (χ3n) is 7.71. The molecule has 1 aromatic rings. The lowest BCUT2D eigenvalue weighted by Crippen LogP contribution is -2.46. The van der Waals surface area contributed by atoms with E-state index in [1.165, 1.54) is 24.0 Å². The van der Waals surface area contributed by atoms with Crippen LogP contribution in [0.25, 0.3) is 0 Å². The molecule has 3 rings (SSSR count). The highest BCUT2D eigenvalue weighted by Crippen LogP contribution is 2.53. The molecule has 0 fully saturated rings. The Morgan fingerprint density at radius 1 is 0.857 bits per heavy atom.